The summed E-state index contributed by atoms with van der Waals surface area (Å²) < 4.78 is 0. The average Bonchev–Trinajstić information content (AvgIpc) is 2.22. The third-order valence-corrected chi connectivity index (χ3v) is 2.82. The number of amides is 1. The first-order valence-corrected chi connectivity index (χ1v) is 6.53. The number of carbonyl (C=O) groups excluding carboxylic acids is 1. The number of hydrogen-bond donors (Lipinski definition) is 2. The Balaban J connectivity index is 3.71. The summed E-state index contributed by atoms with van der Waals surface area (Å²) in [6.45, 7) is 10.5. The lowest BCUT2D eigenvalue weighted by Crippen LogP contribution is -2.39. The maximum Gasteiger partial charge on any atom is 0.234 e. The summed E-state index contributed by atoms with van der Waals surface area (Å²) in [7, 11) is 1.96. The second-order valence-electron chi connectivity index (χ2n) is 5.63. The molecule has 0 rings (SSSR count). The molecule has 102 valence electrons. The molecule has 0 heterocycles. The van der Waals surface area contributed by atoms with E-state index in [1.807, 2.05) is 11.9 Å². The third kappa shape index (κ3) is 9.12. The summed E-state index contributed by atoms with van der Waals surface area (Å²) in [6.07, 6.45) is 0.936. The Morgan fingerprint density at radius 1 is 1.29 bits per heavy atom. The van der Waals surface area contributed by atoms with Crippen molar-refractivity contribution < 1.29 is 4.79 Å². The molecule has 3 N–H and O–H groups in total. The van der Waals surface area contributed by atoms with Crippen LogP contribution in [-0.4, -0.2) is 43.5 Å². The molecule has 0 aromatic heterocycles. The molecule has 0 spiro atoms. The van der Waals surface area contributed by atoms with Gasteiger partial charge in [0, 0.05) is 12.6 Å². The summed E-state index contributed by atoms with van der Waals surface area (Å²) in [5.74, 6) is 1.09. The minimum atomic E-state index is 0.0966. The summed E-state index contributed by atoms with van der Waals surface area (Å²) in [6, 6.07) is 0.219. The molecule has 0 aliphatic rings. The van der Waals surface area contributed by atoms with Gasteiger partial charge in [0.15, 0.2) is 0 Å². The Morgan fingerprint density at radius 3 is 2.35 bits per heavy atom. The van der Waals surface area contributed by atoms with E-state index in [4.69, 9.17) is 5.73 Å². The highest BCUT2D eigenvalue weighted by molar-refractivity contribution is 5.77. The largest absolute Gasteiger partial charge is 0.355 e. The van der Waals surface area contributed by atoms with E-state index >= 15 is 0 Å². The van der Waals surface area contributed by atoms with Gasteiger partial charge in [-0.3, -0.25) is 9.69 Å². The molecular formula is C13H29N3O. The highest BCUT2D eigenvalue weighted by atomic mass is 16.2. The van der Waals surface area contributed by atoms with Gasteiger partial charge in [-0.1, -0.05) is 27.7 Å². The van der Waals surface area contributed by atoms with Crippen molar-refractivity contribution in [2.45, 2.75) is 40.2 Å². The molecule has 1 unspecified atom stereocenters. The Kier molecular flexibility index (Phi) is 8.17. The van der Waals surface area contributed by atoms with Crippen molar-refractivity contribution in [2.24, 2.45) is 17.6 Å². The van der Waals surface area contributed by atoms with Crippen LogP contribution in [0.5, 0.6) is 0 Å². The third-order valence-electron chi connectivity index (χ3n) is 2.82. The van der Waals surface area contributed by atoms with Crippen LogP contribution in [0, 0.1) is 11.8 Å². The Morgan fingerprint density at radius 2 is 1.88 bits per heavy atom. The molecule has 1 atom stereocenters. The lowest BCUT2D eigenvalue weighted by molar-refractivity contribution is -0.122. The lowest BCUT2D eigenvalue weighted by Gasteiger charge is -2.21. The fourth-order valence-electron chi connectivity index (χ4n) is 1.40. The standard InChI is InChI=1S/C13H29N3O/c1-10(2)8-15-13(17)9-16(5)7-6-12(14)11(3)4/h10-12H,6-9,14H2,1-5H3,(H,15,17). The Bertz CT molecular complexity index is 217. The average molecular weight is 243 g/mol. The molecule has 17 heavy (non-hydrogen) atoms. The van der Waals surface area contributed by atoms with Crippen molar-refractivity contribution in [3.8, 4) is 0 Å². The quantitative estimate of drug-likeness (QED) is 0.670. The number of carbonyl (C=O) groups is 1. The van der Waals surface area contributed by atoms with Crippen molar-refractivity contribution in [1.29, 1.82) is 0 Å². The van der Waals surface area contributed by atoms with Crippen molar-refractivity contribution in [3.05, 3.63) is 0 Å². The van der Waals surface area contributed by atoms with E-state index in [1.54, 1.807) is 0 Å². The number of likely N-dealkylation sites (N-methyl/N-ethyl adjacent to an activating group) is 1. The van der Waals surface area contributed by atoms with Crippen LogP contribution in [0.2, 0.25) is 0 Å². The van der Waals surface area contributed by atoms with Gasteiger partial charge in [-0.15, -0.1) is 0 Å². The molecule has 4 heteroatoms. The zero-order chi connectivity index (χ0) is 13.4. The van der Waals surface area contributed by atoms with Crippen LogP contribution in [0.4, 0.5) is 0 Å². The van der Waals surface area contributed by atoms with Crippen LogP contribution in [0.25, 0.3) is 0 Å². The summed E-state index contributed by atoms with van der Waals surface area (Å²) in [4.78, 5) is 13.6. The van der Waals surface area contributed by atoms with Crippen LogP contribution in [0.15, 0.2) is 0 Å². The summed E-state index contributed by atoms with van der Waals surface area (Å²) in [5, 5.41) is 2.91. The number of nitrogens with zero attached hydrogens (tertiary/aromatic N) is 1. The smallest absolute Gasteiger partial charge is 0.234 e. The van der Waals surface area contributed by atoms with E-state index in [-0.39, 0.29) is 11.9 Å². The number of rotatable bonds is 8. The van der Waals surface area contributed by atoms with E-state index in [1.165, 1.54) is 0 Å². The molecule has 0 fully saturated rings. The molecule has 0 saturated carbocycles. The Hall–Kier alpha value is -0.610. The second kappa shape index (κ2) is 8.48. The van der Waals surface area contributed by atoms with Crippen LogP contribution in [0.1, 0.15) is 34.1 Å². The van der Waals surface area contributed by atoms with Gasteiger partial charge in [0.25, 0.3) is 0 Å². The molecule has 0 aliphatic carbocycles. The van der Waals surface area contributed by atoms with Crippen molar-refractivity contribution in [1.82, 2.24) is 10.2 Å². The minimum absolute atomic E-state index is 0.0966. The maximum absolute atomic E-state index is 11.6. The maximum atomic E-state index is 11.6. The van der Waals surface area contributed by atoms with E-state index in [0.29, 0.717) is 18.4 Å². The molecule has 0 aliphatic heterocycles. The fraction of sp³-hybridized carbons (Fsp3) is 0.923. The van der Waals surface area contributed by atoms with Crippen molar-refractivity contribution in [3.63, 3.8) is 0 Å². The Labute approximate surface area is 106 Å². The van der Waals surface area contributed by atoms with Gasteiger partial charge in [0.1, 0.15) is 0 Å². The lowest BCUT2D eigenvalue weighted by atomic mass is 10.0. The normalized spacial score (nSPS) is 13.5. The molecular weight excluding hydrogens is 214 g/mol. The minimum Gasteiger partial charge on any atom is -0.355 e. The topological polar surface area (TPSA) is 58.4 Å². The highest BCUT2D eigenvalue weighted by Gasteiger charge is 2.11. The fourth-order valence-corrected chi connectivity index (χ4v) is 1.40. The van der Waals surface area contributed by atoms with Crippen LogP contribution < -0.4 is 11.1 Å². The van der Waals surface area contributed by atoms with Gasteiger partial charge in [0.2, 0.25) is 5.91 Å². The first kappa shape index (κ1) is 16.4. The zero-order valence-electron chi connectivity index (χ0n) is 12.0. The first-order chi connectivity index (χ1) is 7.82. The molecule has 0 aromatic carbocycles. The van der Waals surface area contributed by atoms with Crippen LogP contribution >= 0.6 is 0 Å². The van der Waals surface area contributed by atoms with Crippen molar-refractivity contribution in [2.75, 3.05) is 26.7 Å². The van der Waals surface area contributed by atoms with Crippen molar-refractivity contribution >= 4 is 5.91 Å². The number of nitrogens with two attached hydrogens (primary N) is 1. The summed E-state index contributed by atoms with van der Waals surface area (Å²) >= 11 is 0. The molecule has 0 radical (unpaired) electrons. The van der Waals surface area contributed by atoms with Gasteiger partial charge >= 0.3 is 0 Å². The molecule has 0 bridgehead atoms. The molecule has 1 amide bonds. The predicted octanol–water partition coefficient (Wildman–Crippen LogP) is 1.06. The van der Waals surface area contributed by atoms with Gasteiger partial charge in [-0.25, -0.2) is 0 Å². The predicted molar refractivity (Wildman–Crippen MR) is 72.8 cm³/mol. The monoisotopic (exact) mass is 243 g/mol. The van der Waals surface area contributed by atoms with E-state index < -0.39 is 0 Å². The molecule has 4 nitrogen and oxygen atoms in total. The SMILES string of the molecule is CC(C)CNC(=O)CN(C)CCC(N)C(C)C. The summed E-state index contributed by atoms with van der Waals surface area (Å²) in [5.41, 5.74) is 5.97. The number of hydrogen-bond acceptors (Lipinski definition) is 3. The highest BCUT2D eigenvalue weighted by Crippen LogP contribution is 2.03. The first-order valence-electron chi connectivity index (χ1n) is 6.53. The van der Waals surface area contributed by atoms with Gasteiger partial charge in [0.05, 0.1) is 6.54 Å². The van der Waals surface area contributed by atoms with Crippen LogP contribution in [-0.2, 0) is 4.79 Å². The molecule has 0 aromatic rings. The van der Waals surface area contributed by atoms with Gasteiger partial charge in [-0.05, 0) is 31.8 Å². The van der Waals surface area contributed by atoms with Crippen LogP contribution in [0.3, 0.4) is 0 Å². The number of nitrogens with one attached hydrogen (secondary N) is 1. The van der Waals surface area contributed by atoms with Gasteiger partial charge in [-0.2, -0.15) is 0 Å². The van der Waals surface area contributed by atoms with E-state index in [2.05, 4.69) is 33.0 Å². The van der Waals surface area contributed by atoms with E-state index in [0.717, 1.165) is 19.5 Å². The van der Waals surface area contributed by atoms with Gasteiger partial charge < -0.3 is 11.1 Å². The second-order valence-corrected chi connectivity index (χ2v) is 5.63. The van der Waals surface area contributed by atoms with E-state index in [9.17, 15) is 4.79 Å². The molecule has 0 saturated heterocycles. The zero-order valence-corrected chi connectivity index (χ0v) is 12.0.